The van der Waals surface area contributed by atoms with Crippen molar-refractivity contribution in [3.63, 3.8) is 0 Å². The highest BCUT2D eigenvalue weighted by atomic mass is 15.1. The van der Waals surface area contributed by atoms with Crippen LogP contribution in [-0.2, 0) is 0 Å². The molecule has 0 aromatic carbocycles. The molecular weight excluding hydrogens is 222 g/mol. The van der Waals surface area contributed by atoms with Crippen LogP contribution < -0.4 is 5.32 Å². The van der Waals surface area contributed by atoms with E-state index in [9.17, 15) is 0 Å². The Morgan fingerprint density at radius 2 is 1.94 bits per heavy atom. The van der Waals surface area contributed by atoms with Crippen molar-refractivity contribution >= 4 is 0 Å². The second kappa shape index (κ2) is 7.11. The number of piperidine rings is 1. The van der Waals surface area contributed by atoms with Gasteiger partial charge in [0.05, 0.1) is 12.1 Å². The van der Waals surface area contributed by atoms with E-state index in [4.69, 9.17) is 5.26 Å². The molecule has 1 fully saturated rings. The maximum absolute atomic E-state index is 9.00. The van der Waals surface area contributed by atoms with Gasteiger partial charge in [-0.15, -0.1) is 0 Å². The molecule has 1 N–H and O–H groups in total. The number of nitriles is 1. The fraction of sp³-hybridized carbons (Fsp3) is 0.933. The predicted octanol–water partition coefficient (Wildman–Crippen LogP) is 2.64. The molecule has 0 spiro atoms. The highest BCUT2D eigenvalue weighted by molar-refractivity contribution is 4.90. The van der Waals surface area contributed by atoms with Crippen LogP contribution in [-0.4, -0.2) is 37.1 Å². The Morgan fingerprint density at radius 3 is 2.39 bits per heavy atom. The standard InChI is InChI=1S/C15H29N3/c1-5-17-14(12-16)8-11-18-9-6-13(7-10-18)15(2,3)4/h13-14,17H,5-11H2,1-4H3. The van der Waals surface area contributed by atoms with Crippen molar-refractivity contribution in [2.24, 2.45) is 11.3 Å². The first-order valence-electron chi connectivity index (χ1n) is 7.32. The van der Waals surface area contributed by atoms with Crippen LogP contribution in [0.5, 0.6) is 0 Å². The Hall–Kier alpha value is -0.590. The van der Waals surface area contributed by atoms with Crippen molar-refractivity contribution in [3.8, 4) is 6.07 Å². The third-order valence-corrected chi connectivity index (χ3v) is 4.15. The van der Waals surface area contributed by atoms with E-state index in [0.717, 1.165) is 25.4 Å². The molecular formula is C15H29N3. The summed E-state index contributed by atoms with van der Waals surface area (Å²) in [7, 11) is 0. The molecule has 1 rings (SSSR count). The quantitative estimate of drug-likeness (QED) is 0.816. The van der Waals surface area contributed by atoms with Gasteiger partial charge in [0.25, 0.3) is 0 Å². The number of rotatable bonds is 5. The van der Waals surface area contributed by atoms with Gasteiger partial charge in [0, 0.05) is 6.54 Å². The molecule has 0 aliphatic carbocycles. The van der Waals surface area contributed by atoms with E-state index < -0.39 is 0 Å². The minimum absolute atomic E-state index is 0.0235. The van der Waals surface area contributed by atoms with Crippen LogP contribution >= 0.6 is 0 Å². The van der Waals surface area contributed by atoms with Crippen molar-refractivity contribution < 1.29 is 0 Å². The maximum Gasteiger partial charge on any atom is 0.0965 e. The van der Waals surface area contributed by atoms with E-state index in [1.165, 1.54) is 25.9 Å². The second-order valence-corrected chi connectivity index (χ2v) is 6.51. The lowest BCUT2D eigenvalue weighted by Gasteiger charge is -2.39. The zero-order chi connectivity index (χ0) is 13.6. The summed E-state index contributed by atoms with van der Waals surface area (Å²) in [5, 5.41) is 12.2. The van der Waals surface area contributed by atoms with Crippen molar-refractivity contribution in [1.82, 2.24) is 10.2 Å². The molecule has 0 aromatic rings. The van der Waals surface area contributed by atoms with Gasteiger partial charge in [0.2, 0.25) is 0 Å². The molecule has 0 aromatic heterocycles. The molecule has 1 saturated heterocycles. The average Bonchev–Trinajstić information content (AvgIpc) is 2.34. The van der Waals surface area contributed by atoms with Gasteiger partial charge in [0.1, 0.15) is 0 Å². The monoisotopic (exact) mass is 251 g/mol. The lowest BCUT2D eigenvalue weighted by atomic mass is 9.75. The smallest absolute Gasteiger partial charge is 0.0965 e. The predicted molar refractivity (Wildman–Crippen MR) is 76.3 cm³/mol. The van der Waals surface area contributed by atoms with Crippen LogP contribution in [0.15, 0.2) is 0 Å². The number of hydrogen-bond donors (Lipinski definition) is 1. The van der Waals surface area contributed by atoms with Crippen molar-refractivity contribution in [3.05, 3.63) is 0 Å². The first kappa shape index (κ1) is 15.5. The Bertz CT molecular complexity index is 266. The highest BCUT2D eigenvalue weighted by Gasteiger charge is 2.28. The van der Waals surface area contributed by atoms with Crippen LogP contribution in [0.4, 0.5) is 0 Å². The summed E-state index contributed by atoms with van der Waals surface area (Å²) in [6.45, 7) is 13.4. The normalized spacial score (nSPS) is 20.6. The average molecular weight is 251 g/mol. The van der Waals surface area contributed by atoms with E-state index in [2.05, 4.69) is 44.0 Å². The van der Waals surface area contributed by atoms with E-state index in [1.807, 2.05) is 0 Å². The first-order chi connectivity index (χ1) is 8.47. The van der Waals surface area contributed by atoms with Gasteiger partial charge < -0.3 is 10.2 Å². The molecule has 3 nitrogen and oxygen atoms in total. The van der Waals surface area contributed by atoms with Gasteiger partial charge in [0.15, 0.2) is 0 Å². The molecule has 0 saturated carbocycles. The molecule has 1 aliphatic rings. The van der Waals surface area contributed by atoms with Gasteiger partial charge in [-0.1, -0.05) is 27.7 Å². The third kappa shape index (κ3) is 4.96. The molecule has 18 heavy (non-hydrogen) atoms. The van der Waals surface area contributed by atoms with E-state index in [-0.39, 0.29) is 6.04 Å². The zero-order valence-corrected chi connectivity index (χ0v) is 12.5. The summed E-state index contributed by atoms with van der Waals surface area (Å²) in [6, 6.07) is 2.36. The Balaban J connectivity index is 2.26. The molecule has 1 aliphatic heterocycles. The molecule has 0 radical (unpaired) electrons. The van der Waals surface area contributed by atoms with E-state index in [1.54, 1.807) is 0 Å². The number of nitrogens with one attached hydrogen (secondary N) is 1. The summed E-state index contributed by atoms with van der Waals surface area (Å²) in [5.74, 6) is 0.856. The van der Waals surface area contributed by atoms with E-state index in [0.29, 0.717) is 5.41 Å². The van der Waals surface area contributed by atoms with Gasteiger partial charge >= 0.3 is 0 Å². The fourth-order valence-electron chi connectivity index (χ4n) is 2.79. The summed E-state index contributed by atoms with van der Waals surface area (Å²) in [4.78, 5) is 2.52. The summed E-state index contributed by atoms with van der Waals surface area (Å²) < 4.78 is 0. The fourth-order valence-corrected chi connectivity index (χ4v) is 2.79. The second-order valence-electron chi connectivity index (χ2n) is 6.51. The van der Waals surface area contributed by atoms with Crippen molar-refractivity contribution in [2.45, 2.75) is 53.0 Å². The van der Waals surface area contributed by atoms with Gasteiger partial charge in [-0.2, -0.15) is 5.26 Å². The van der Waals surface area contributed by atoms with Gasteiger partial charge in [-0.3, -0.25) is 0 Å². The lowest BCUT2D eigenvalue weighted by molar-refractivity contribution is 0.110. The van der Waals surface area contributed by atoms with E-state index >= 15 is 0 Å². The van der Waals surface area contributed by atoms with Crippen LogP contribution in [0.1, 0.15) is 47.0 Å². The number of nitrogens with zero attached hydrogens (tertiary/aromatic N) is 2. The third-order valence-electron chi connectivity index (χ3n) is 4.15. The largest absolute Gasteiger partial charge is 0.303 e. The summed E-state index contributed by atoms with van der Waals surface area (Å²) in [5.41, 5.74) is 0.449. The lowest BCUT2D eigenvalue weighted by Crippen LogP contribution is -2.40. The Morgan fingerprint density at radius 1 is 1.33 bits per heavy atom. The topological polar surface area (TPSA) is 39.1 Å². The van der Waals surface area contributed by atoms with Crippen molar-refractivity contribution in [1.29, 1.82) is 5.26 Å². The van der Waals surface area contributed by atoms with Gasteiger partial charge in [-0.05, 0) is 50.2 Å². The Labute approximate surface area is 113 Å². The molecule has 1 unspecified atom stereocenters. The number of hydrogen-bond acceptors (Lipinski definition) is 3. The summed E-state index contributed by atoms with van der Waals surface area (Å²) >= 11 is 0. The first-order valence-corrected chi connectivity index (χ1v) is 7.32. The highest BCUT2D eigenvalue weighted by Crippen LogP contribution is 2.34. The van der Waals surface area contributed by atoms with Crippen LogP contribution in [0, 0.1) is 22.7 Å². The van der Waals surface area contributed by atoms with Gasteiger partial charge in [-0.25, -0.2) is 0 Å². The number of likely N-dealkylation sites (tertiary alicyclic amines) is 1. The SMILES string of the molecule is CCNC(C#N)CCN1CCC(C(C)(C)C)CC1. The zero-order valence-electron chi connectivity index (χ0n) is 12.5. The minimum atomic E-state index is 0.0235. The molecule has 3 heteroatoms. The summed E-state index contributed by atoms with van der Waals surface area (Å²) in [6.07, 6.45) is 3.56. The van der Waals surface area contributed by atoms with Crippen LogP contribution in [0.3, 0.4) is 0 Å². The Kier molecular flexibility index (Phi) is 6.11. The molecule has 0 amide bonds. The molecule has 1 heterocycles. The van der Waals surface area contributed by atoms with Crippen LogP contribution in [0.25, 0.3) is 0 Å². The molecule has 104 valence electrons. The maximum atomic E-state index is 9.00. The van der Waals surface area contributed by atoms with Crippen LogP contribution in [0.2, 0.25) is 0 Å². The van der Waals surface area contributed by atoms with Crippen molar-refractivity contribution in [2.75, 3.05) is 26.2 Å². The minimum Gasteiger partial charge on any atom is -0.303 e. The molecule has 0 bridgehead atoms. The molecule has 1 atom stereocenters.